The van der Waals surface area contributed by atoms with Gasteiger partial charge in [-0.15, -0.1) is 0 Å². The van der Waals surface area contributed by atoms with E-state index in [-0.39, 0.29) is 5.91 Å². The SMILES string of the molecule is C[C@@H]1NC(=O)N(c2cccc(N)c2)C1=O. The number of rotatable bonds is 1. The summed E-state index contributed by atoms with van der Waals surface area (Å²) in [5.74, 6) is -0.259. The lowest BCUT2D eigenvalue weighted by atomic mass is 10.2. The third kappa shape index (κ3) is 1.52. The van der Waals surface area contributed by atoms with Crippen molar-refractivity contribution in [1.29, 1.82) is 0 Å². The van der Waals surface area contributed by atoms with Crippen LogP contribution < -0.4 is 16.0 Å². The summed E-state index contributed by atoms with van der Waals surface area (Å²) >= 11 is 0. The number of nitrogens with one attached hydrogen (secondary N) is 1. The molecule has 0 saturated carbocycles. The highest BCUT2D eigenvalue weighted by atomic mass is 16.2. The predicted molar refractivity (Wildman–Crippen MR) is 56.3 cm³/mol. The molecule has 15 heavy (non-hydrogen) atoms. The zero-order valence-corrected chi connectivity index (χ0v) is 8.23. The number of hydrogen-bond donors (Lipinski definition) is 2. The van der Waals surface area contributed by atoms with E-state index in [9.17, 15) is 9.59 Å². The lowest BCUT2D eigenvalue weighted by Crippen LogP contribution is -2.30. The zero-order chi connectivity index (χ0) is 11.0. The Kier molecular flexibility index (Phi) is 2.07. The number of carbonyl (C=O) groups is 2. The summed E-state index contributed by atoms with van der Waals surface area (Å²) in [5, 5.41) is 2.53. The first-order valence-corrected chi connectivity index (χ1v) is 4.59. The van der Waals surface area contributed by atoms with E-state index < -0.39 is 12.1 Å². The third-order valence-electron chi connectivity index (χ3n) is 2.26. The Balaban J connectivity index is 2.39. The molecule has 0 bridgehead atoms. The second kappa shape index (κ2) is 3.27. The van der Waals surface area contributed by atoms with Crippen molar-refractivity contribution in [3.63, 3.8) is 0 Å². The van der Waals surface area contributed by atoms with Crippen molar-refractivity contribution in [2.24, 2.45) is 0 Å². The maximum atomic E-state index is 11.6. The molecule has 78 valence electrons. The Bertz CT molecular complexity index is 430. The Labute approximate surface area is 86.9 Å². The molecule has 2 rings (SSSR count). The largest absolute Gasteiger partial charge is 0.399 e. The number of hydrogen-bond acceptors (Lipinski definition) is 3. The minimum Gasteiger partial charge on any atom is -0.399 e. The van der Waals surface area contributed by atoms with E-state index in [1.807, 2.05) is 0 Å². The summed E-state index contributed by atoms with van der Waals surface area (Å²) in [6, 6.07) is 5.79. The molecule has 5 nitrogen and oxygen atoms in total. The number of nitrogens with two attached hydrogens (primary N) is 1. The van der Waals surface area contributed by atoms with Gasteiger partial charge in [0, 0.05) is 5.69 Å². The van der Waals surface area contributed by atoms with Crippen molar-refractivity contribution in [3.8, 4) is 0 Å². The van der Waals surface area contributed by atoms with Crippen LogP contribution in [0.15, 0.2) is 24.3 Å². The summed E-state index contributed by atoms with van der Waals surface area (Å²) in [6.45, 7) is 1.65. The average molecular weight is 205 g/mol. The number of anilines is 2. The van der Waals surface area contributed by atoms with Crippen molar-refractivity contribution in [1.82, 2.24) is 5.32 Å². The molecule has 1 heterocycles. The highest BCUT2D eigenvalue weighted by Crippen LogP contribution is 2.21. The molecule has 1 aliphatic rings. The van der Waals surface area contributed by atoms with Gasteiger partial charge in [0.25, 0.3) is 5.91 Å². The topological polar surface area (TPSA) is 75.4 Å². The minimum atomic E-state index is -0.473. The molecule has 0 aliphatic carbocycles. The molecule has 5 heteroatoms. The fraction of sp³-hybridized carbons (Fsp3) is 0.200. The summed E-state index contributed by atoms with van der Waals surface area (Å²) < 4.78 is 0. The Hall–Kier alpha value is -2.04. The Morgan fingerprint density at radius 3 is 2.67 bits per heavy atom. The number of amides is 3. The maximum Gasteiger partial charge on any atom is 0.329 e. The van der Waals surface area contributed by atoms with Gasteiger partial charge in [0.05, 0.1) is 5.69 Å². The summed E-state index contributed by atoms with van der Waals surface area (Å²) in [7, 11) is 0. The molecule has 1 aromatic carbocycles. The van der Waals surface area contributed by atoms with Gasteiger partial charge < -0.3 is 11.1 Å². The summed E-state index contributed by atoms with van der Waals surface area (Å²) in [6.07, 6.45) is 0. The van der Waals surface area contributed by atoms with Crippen LogP contribution in [0.5, 0.6) is 0 Å². The van der Waals surface area contributed by atoms with Crippen molar-refractivity contribution in [2.45, 2.75) is 13.0 Å². The van der Waals surface area contributed by atoms with Crippen LogP contribution in [0, 0.1) is 0 Å². The fourth-order valence-electron chi connectivity index (χ4n) is 1.51. The molecule has 3 N–H and O–H groups in total. The van der Waals surface area contributed by atoms with Crippen molar-refractivity contribution in [2.75, 3.05) is 10.6 Å². The van der Waals surface area contributed by atoms with E-state index in [0.717, 1.165) is 4.90 Å². The zero-order valence-electron chi connectivity index (χ0n) is 8.23. The van der Waals surface area contributed by atoms with Crippen LogP contribution in [0.25, 0.3) is 0 Å². The lowest BCUT2D eigenvalue weighted by Gasteiger charge is -2.12. The monoisotopic (exact) mass is 205 g/mol. The molecule has 1 saturated heterocycles. The maximum absolute atomic E-state index is 11.6. The number of carbonyl (C=O) groups excluding carboxylic acids is 2. The molecule has 0 unspecified atom stereocenters. The first kappa shape index (κ1) is 9.51. The van der Waals surface area contributed by atoms with Gasteiger partial charge in [-0.2, -0.15) is 0 Å². The highest BCUT2D eigenvalue weighted by Gasteiger charge is 2.35. The molecular weight excluding hydrogens is 194 g/mol. The quantitative estimate of drug-likeness (QED) is 0.523. The van der Waals surface area contributed by atoms with Crippen molar-refractivity contribution < 1.29 is 9.59 Å². The second-order valence-corrected chi connectivity index (χ2v) is 3.44. The number of nitrogens with zero attached hydrogens (tertiary/aromatic N) is 1. The predicted octanol–water partition coefficient (Wildman–Crippen LogP) is 0.714. The normalized spacial score (nSPS) is 20.6. The van der Waals surface area contributed by atoms with Crippen LogP contribution in [0.1, 0.15) is 6.92 Å². The van der Waals surface area contributed by atoms with Gasteiger partial charge in [-0.25, -0.2) is 9.69 Å². The third-order valence-corrected chi connectivity index (χ3v) is 2.26. The fourth-order valence-corrected chi connectivity index (χ4v) is 1.51. The molecule has 1 atom stereocenters. The number of imide groups is 1. The molecule has 1 aromatic rings. The van der Waals surface area contributed by atoms with E-state index in [1.54, 1.807) is 31.2 Å². The number of urea groups is 1. The number of nitrogen functional groups attached to an aromatic ring is 1. The average Bonchev–Trinajstić information content (AvgIpc) is 2.41. The van der Waals surface area contributed by atoms with E-state index in [2.05, 4.69) is 5.32 Å². The van der Waals surface area contributed by atoms with E-state index in [1.165, 1.54) is 0 Å². The van der Waals surface area contributed by atoms with E-state index in [0.29, 0.717) is 11.4 Å². The first-order chi connectivity index (χ1) is 7.09. The van der Waals surface area contributed by atoms with Crippen LogP contribution >= 0.6 is 0 Å². The molecule has 3 amide bonds. The standard InChI is InChI=1S/C10H11N3O2/c1-6-9(14)13(10(15)12-6)8-4-2-3-7(11)5-8/h2-6H,11H2,1H3,(H,12,15)/t6-/m0/s1. The van der Waals surface area contributed by atoms with E-state index >= 15 is 0 Å². The van der Waals surface area contributed by atoms with Crippen LogP contribution in [-0.4, -0.2) is 18.0 Å². The Morgan fingerprint density at radius 1 is 1.40 bits per heavy atom. The summed E-state index contributed by atoms with van der Waals surface area (Å²) in [5.41, 5.74) is 6.60. The molecule has 1 aliphatic heterocycles. The lowest BCUT2D eigenvalue weighted by molar-refractivity contribution is -0.117. The van der Waals surface area contributed by atoms with Crippen molar-refractivity contribution >= 4 is 23.3 Å². The Morgan fingerprint density at radius 2 is 2.13 bits per heavy atom. The molecule has 0 radical (unpaired) electrons. The van der Waals surface area contributed by atoms with Gasteiger partial charge in [-0.3, -0.25) is 4.79 Å². The second-order valence-electron chi connectivity index (χ2n) is 3.44. The van der Waals surface area contributed by atoms with Crippen molar-refractivity contribution in [3.05, 3.63) is 24.3 Å². The van der Waals surface area contributed by atoms with Gasteiger partial charge in [0.2, 0.25) is 0 Å². The van der Waals surface area contributed by atoms with Gasteiger partial charge in [-0.1, -0.05) is 6.07 Å². The van der Waals surface area contributed by atoms with Crippen LogP contribution in [-0.2, 0) is 4.79 Å². The van der Waals surface area contributed by atoms with Gasteiger partial charge in [-0.05, 0) is 25.1 Å². The van der Waals surface area contributed by atoms with E-state index in [4.69, 9.17) is 5.73 Å². The smallest absolute Gasteiger partial charge is 0.329 e. The van der Waals surface area contributed by atoms with Crippen LogP contribution in [0.4, 0.5) is 16.2 Å². The van der Waals surface area contributed by atoms with Gasteiger partial charge in [0.15, 0.2) is 0 Å². The van der Waals surface area contributed by atoms with Crippen LogP contribution in [0.2, 0.25) is 0 Å². The van der Waals surface area contributed by atoms with Gasteiger partial charge in [0.1, 0.15) is 6.04 Å². The molecule has 1 fully saturated rings. The molecule has 0 spiro atoms. The first-order valence-electron chi connectivity index (χ1n) is 4.59. The van der Waals surface area contributed by atoms with Crippen LogP contribution in [0.3, 0.4) is 0 Å². The minimum absolute atomic E-state index is 0.259. The number of benzene rings is 1. The molecular formula is C10H11N3O2. The molecule has 0 aromatic heterocycles. The summed E-state index contributed by atoms with van der Waals surface area (Å²) in [4.78, 5) is 24.2. The van der Waals surface area contributed by atoms with Gasteiger partial charge >= 0.3 is 6.03 Å². The highest BCUT2D eigenvalue weighted by molar-refractivity contribution is 6.21.